The summed E-state index contributed by atoms with van der Waals surface area (Å²) in [5.41, 5.74) is 3.12. The van der Waals surface area contributed by atoms with Crippen LogP contribution in [-0.2, 0) is 20.8 Å². The zero-order valence-electron chi connectivity index (χ0n) is 20.9. The standard InChI is InChI=1S/C27H35N3O5S/c1-18(2)14-21(25(32)29-23(27(34)28-3)15-19-10-6-4-7-11-19)22(26(33)30-35)16-36-17-24(31)20-12-8-5-9-13-20/h4-13,18,21-23,35H,14-17H2,1-3H3,(H,28,34)(H,29,32)(H,30,33). The lowest BCUT2D eigenvalue weighted by molar-refractivity contribution is -0.140. The molecule has 0 fully saturated rings. The van der Waals surface area contributed by atoms with Crippen LogP contribution >= 0.6 is 11.8 Å². The second kappa shape index (κ2) is 15.1. The van der Waals surface area contributed by atoms with E-state index in [4.69, 9.17) is 0 Å². The number of benzene rings is 2. The van der Waals surface area contributed by atoms with Crippen LogP contribution in [0.3, 0.4) is 0 Å². The average Bonchev–Trinajstić information content (AvgIpc) is 2.89. The van der Waals surface area contributed by atoms with E-state index in [9.17, 15) is 24.4 Å². The number of rotatable bonds is 14. The van der Waals surface area contributed by atoms with Gasteiger partial charge in [-0.05, 0) is 17.9 Å². The SMILES string of the molecule is CNC(=O)C(Cc1ccccc1)NC(=O)C(CC(C)C)C(CSCC(=O)c1ccccc1)C(=O)NO. The van der Waals surface area contributed by atoms with Crippen molar-refractivity contribution in [3.8, 4) is 0 Å². The molecule has 9 heteroatoms. The summed E-state index contributed by atoms with van der Waals surface area (Å²) >= 11 is 1.23. The maximum absolute atomic E-state index is 13.5. The van der Waals surface area contributed by atoms with Gasteiger partial charge < -0.3 is 10.6 Å². The molecule has 0 aliphatic rings. The van der Waals surface area contributed by atoms with Crippen molar-refractivity contribution in [2.24, 2.45) is 17.8 Å². The molecule has 3 atom stereocenters. The van der Waals surface area contributed by atoms with Crippen molar-refractivity contribution >= 4 is 35.3 Å². The number of hydroxylamine groups is 1. The van der Waals surface area contributed by atoms with E-state index in [1.54, 1.807) is 29.7 Å². The third-order valence-electron chi connectivity index (χ3n) is 5.78. The Morgan fingerprint density at radius 3 is 2.03 bits per heavy atom. The van der Waals surface area contributed by atoms with Gasteiger partial charge in [-0.25, -0.2) is 5.48 Å². The maximum Gasteiger partial charge on any atom is 0.248 e. The molecule has 0 saturated carbocycles. The van der Waals surface area contributed by atoms with E-state index in [0.717, 1.165) is 5.56 Å². The van der Waals surface area contributed by atoms with Gasteiger partial charge in [0.05, 0.1) is 17.6 Å². The summed E-state index contributed by atoms with van der Waals surface area (Å²) in [6.07, 6.45) is 0.654. The first-order chi connectivity index (χ1) is 17.3. The Labute approximate surface area is 216 Å². The number of carbonyl (C=O) groups excluding carboxylic acids is 4. The number of hydrogen-bond acceptors (Lipinski definition) is 6. The highest BCUT2D eigenvalue weighted by molar-refractivity contribution is 8.00. The quantitative estimate of drug-likeness (QED) is 0.175. The minimum absolute atomic E-state index is 0.0678. The fourth-order valence-electron chi connectivity index (χ4n) is 3.92. The van der Waals surface area contributed by atoms with Gasteiger partial charge in [0.25, 0.3) is 0 Å². The Bertz CT molecular complexity index is 1000. The molecule has 0 heterocycles. The van der Waals surface area contributed by atoms with Crippen LogP contribution in [0.25, 0.3) is 0 Å². The number of hydrogen-bond donors (Lipinski definition) is 4. The summed E-state index contributed by atoms with van der Waals surface area (Å²) in [7, 11) is 1.50. The number of carbonyl (C=O) groups is 4. The number of nitrogens with one attached hydrogen (secondary N) is 3. The topological polar surface area (TPSA) is 125 Å². The maximum atomic E-state index is 13.5. The smallest absolute Gasteiger partial charge is 0.248 e. The van der Waals surface area contributed by atoms with Gasteiger partial charge in [-0.15, -0.1) is 0 Å². The van der Waals surface area contributed by atoms with Gasteiger partial charge in [-0.1, -0.05) is 74.5 Å². The van der Waals surface area contributed by atoms with Crippen molar-refractivity contribution in [2.75, 3.05) is 18.6 Å². The second-order valence-electron chi connectivity index (χ2n) is 8.99. The first-order valence-corrected chi connectivity index (χ1v) is 13.1. The highest BCUT2D eigenvalue weighted by Crippen LogP contribution is 2.26. The number of likely N-dealkylation sites (N-methyl/N-ethyl adjacent to an activating group) is 1. The predicted octanol–water partition coefficient (Wildman–Crippen LogP) is 2.86. The molecular formula is C27H35N3O5S. The molecule has 36 heavy (non-hydrogen) atoms. The van der Waals surface area contributed by atoms with Crippen molar-refractivity contribution in [3.05, 3.63) is 71.8 Å². The van der Waals surface area contributed by atoms with E-state index >= 15 is 0 Å². The molecule has 8 nitrogen and oxygen atoms in total. The van der Waals surface area contributed by atoms with Crippen LogP contribution in [0.4, 0.5) is 0 Å². The molecule has 3 amide bonds. The molecule has 0 bridgehead atoms. The Kier molecular flexibility index (Phi) is 12.2. The van der Waals surface area contributed by atoms with E-state index in [1.165, 1.54) is 18.8 Å². The van der Waals surface area contributed by atoms with Gasteiger partial charge in [-0.2, -0.15) is 11.8 Å². The number of amides is 3. The lowest BCUT2D eigenvalue weighted by Crippen LogP contribution is -2.51. The fraction of sp³-hybridized carbons (Fsp3) is 0.407. The van der Waals surface area contributed by atoms with Crippen molar-refractivity contribution in [3.63, 3.8) is 0 Å². The number of ketones is 1. The van der Waals surface area contributed by atoms with Crippen LogP contribution in [0.15, 0.2) is 60.7 Å². The molecule has 2 aromatic rings. The van der Waals surface area contributed by atoms with E-state index in [2.05, 4.69) is 10.6 Å². The van der Waals surface area contributed by atoms with Gasteiger partial charge in [0.15, 0.2) is 5.78 Å². The summed E-state index contributed by atoms with van der Waals surface area (Å²) in [4.78, 5) is 51.1. The highest BCUT2D eigenvalue weighted by Gasteiger charge is 2.36. The molecule has 2 aromatic carbocycles. The van der Waals surface area contributed by atoms with Crippen LogP contribution in [0.5, 0.6) is 0 Å². The van der Waals surface area contributed by atoms with Gasteiger partial charge in [0.1, 0.15) is 6.04 Å². The van der Waals surface area contributed by atoms with E-state index in [1.807, 2.05) is 50.2 Å². The summed E-state index contributed by atoms with van der Waals surface area (Å²) in [6.45, 7) is 3.86. The lowest BCUT2D eigenvalue weighted by Gasteiger charge is -2.28. The molecular weight excluding hydrogens is 478 g/mol. The molecule has 194 valence electrons. The third-order valence-corrected chi connectivity index (χ3v) is 6.84. The first-order valence-electron chi connectivity index (χ1n) is 11.9. The van der Waals surface area contributed by atoms with Crippen LogP contribution in [0.1, 0.15) is 36.2 Å². The highest BCUT2D eigenvalue weighted by atomic mass is 32.2. The van der Waals surface area contributed by atoms with Gasteiger partial charge in [0, 0.05) is 24.8 Å². The van der Waals surface area contributed by atoms with E-state index < -0.39 is 29.7 Å². The Morgan fingerprint density at radius 2 is 1.47 bits per heavy atom. The predicted molar refractivity (Wildman–Crippen MR) is 141 cm³/mol. The summed E-state index contributed by atoms with van der Waals surface area (Å²) < 4.78 is 0. The molecule has 0 aromatic heterocycles. The van der Waals surface area contributed by atoms with Crippen LogP contribution in [0, 0.1) is 17.8 Å². The second-order valence-corrected chi connectivity index (χ2v) is 10.0. The minimum Gasteiger partial charge on any atom is -0.357 e. The molecule has 0 aliphatic heterocycles. The first kappa shape index (κ1) is 29.1. The monoisotopic (exact) mass is 513 g/mol. The number of thioether (sulfide) groups is 1. The molecule has 0 spiro atoms. The van der Waals surface area contributed by atoms with E-state index in [-0.39, 0.29) is 35.5 Å². The Morgan fingerprint density at radius 1 is 0.861 bits per heavy atom. The van der Waals surface area contributed by atoms with Gasteiger partial charge >= 0.3 is 0 Å². The van der Waals surface area contributed by atoms with Crippen molar-refractivity contribution in [1.29, 1.82) is 0 Å². The zero-order chi connectivity index (χ0) is 26.5. The Hall–Kier alpha value is -3.17. The summed E-state index contributed by atoms with van der Waals surface area (Å²) in [5.74, 6) is -2.93. The molecule has 4 N–H and O–H groups in total. The van der Waals surface area contributed by atoms with Gasteiger partial charge in [0.2, 0.25) is 17.7 Å². The Balaban J connectivity index is 2.18. The largest absolute Gasteiger partial charge is 0.357 e. The third kappa shape index (κ3) is 9.13. The minimum atomic E-state index is -0.895. The lowest BCUT2D eigenvalue weighted by atomic mass is 9.84. The molecule has 0 saturated heterocycles. The van der Waals surface area contributed by atoms with Crippen molar-refractivity contribution in [2.45, 2.75) is 32.7 Å². The molecule has 3 unspecified atom stereocenters. The van der Waals surface area contributed by atoms with Crippen LogP contribution in [-0.4, -0.2) is 53.3 Å². The van der Waals surface area contributed by atoms with Crippen molar-refractivity contribution < 1.29 is 24.4 Å². The van der Waals surface area contributed by atoms with E-state index in [0.29, 0.717) is 12.0 Å². The summed E-state index contributed by atoms with van der Waals surface area (Å²) in [6, 6.07) is 17.3. The fourth-order valence-corrected chi connectivity index (χ4v) is 5.02. The molecule has 0 radical (unpaired) electrons. The van der Waals surface area contributed by atoms with Crippen LogP contribution in [0.2, 0.25) is 0 Å². The molecule has 0 aliphatic carbocycles. The zero-order valence-corrected chi connectivity index (χ0v) is 21.7. The van der Waals surface area contributed by atoms with Crippen LogP contribution < -0.4 is 16.1 Å². The van der Waals surface area contributed by atoms with Gasteiger partial charge in [-0.3, -0.25) is 24.4 Å². The normalized spacial score (nSPS) is 13.4. The number of Topliss-reactive ketones (excluding diaryl/α,β-unsaturated/α-hetero) is 1. The molecule has 2 rings (SSSR count). The van der Waals surface area contributed by atoms with Crippen molar-refractivity contribution in [1.82, 2.24) is 16.1 Å². The average molecular weight is 514 g/mol. The summed E-state index contributed by atoms with van der Waals surface area (Å²) in [5, 5.41) is 14.8.